The molecule has 4 heteroatoms. The Bertz CT molecular complexity index is 143. The Kier molecular flexibility index (Phi) is 4.04. The van der Waals surface area contributed by atoms with E-state index < -0.39 is 0 Å². The summed E-state index contributed by atoms with van der Waals surface area (Å²) >= 11 is 0. The summed E-state index contributed by atoms with van der Waals surface area (Å²) in [6, 6.07) is 0. The van der Waals surface area contributed by atoms with Gasteiger partial charge in [-0.05, 0) is 0 Å². The Labute approximate surface area is 72.4 Å². The highest BCUT2D eigenvalue weighted by atomic mass is 16.5. The first-order chi connectivity index (χ1) is 5.84. The molecule has 0 atom stereocenters. The second kappa shape index (κ2) is 5.11. The van der Waals surface area contributed by atoms with Gasteiger partial charge in [-0.3, -0.25) is 4.79 Å². The van der Waals surface area contributed by atoms with Gasteiger partial charge >= 0.3 is 0 Å². The highest BCUT2D eigenvalue weighted by Crippen LogP contribution is 1.99. The highest BCUT2D eigenvalue weighted by molar-refractivity contribution is 5.76. The summed E-state index contributed by atoms with van der Waals surface area (Å²) in [5, 5.41) is 0. The first kappa shape index (κ1) is 9.48. The zero-order valence-electron chi connectivity index (χ0n) is 7.41. The molecule has 0 aromatic rings. The van der Waals surface area contributed by atoms with Gasteiger partial charge in [-0.1, -0.05) is 0 Å². The van der Waals surface area contributed by atoms with E-state index in [0.29, 0.717) is 26.2 Å². The van der Waals surface area contributed by atoms with Crippen LogP contribution in [0.3, 0.4) is 0 Å². The molecule has 4 nitrogen and oxygen atoms in total. The van der Waals surface area contributed by atoms with Crippen molar-refractivity contribution >= 4 is 5.91 Å². The lowest BCUT2D eigenvalue weighted by atomic mass is 10.3. The minimum atomic E-state index is 0.167. The van der Waals surface area contributed by atoms with E-state index in [1.807, 2.05) is 4.90 Å². The summed E-state index contributed by atoms with van der Waals surface area (Å²) in [6.07, 6.45) is 0.483. The number of carbonyl (C=O) groups excluding carboxylic acids is 1. The summed E-state index contributed by atoms with van der Waals surface area (Å²) in [7, 11) is 1.60. The first-order valence-corrected chi connectivity index (χ1v) is 4.19. The molecule has 1 aliphatic rings. The summed E-state index contributed by atoms with van der Waals surface area (Å²) in [5.74, 6) is 0.167. The topological polar surface area (TPSA) is 38.8 Å². The molecule has 70 valence electrons. The predicted octanol–water partition coefficient (Wildman–Crippen LogP) is -0.118. The monoisotopic (exact) mass is 173 g/mol. The largest absolute Gasteiger partial charge is 0.384 e. The summed E-state index contributed by atoms with van der Waals surface area (Å²) in [4.78, 5) is 13.2. The predicted molar refractivity (Wildman–Crippen MR) is 43.9 cm³/mol. The van der Waals surface area contributed by atoms with Crippen molar-refractivity contribution in [1.82, 2.24) is 4.90 Å². The van der Waals surface area contributed by atoms with Crippen LogP contribution in [0.2, 0.25) is 0 Å². The molecule has 0 radical (unpaired) electrons. The smallest absolute Gasteiger partial charge is 0.225 e. The van der Waals surface area contributed by atoms with E-state index in [1.54, 1.807) is 7.11 Å². The van der Waals surface area contributed by atoms with E-state index >= 15 is 0 Å². The van der Waals surface area contributed by atoms with Crippen molar-refractivity contribution < 1.29 is 14.3 Å². The lowest BCUT2D eigenvalue weighted by Crippen LogP contribution is -2.40. The summed E-state index contributed by atoms with van der Waals surface area (Å²) in [5.41, 5.74) is 0. The van der Waals surface area contributed by atoms with Crippen molar-refractivity contribution in [1.29, 1.82) is 0 Å². The van der Waals surface area contributed by atoms with Crippen LogP contribution in [-0.2, 0) is 14.3 Å². The minimum absolute atomic E-state index is 0.167. The quantitative estimate of drug-likeness (QED) is 0.597. The molecule has 1 rings (SSSR count). The van der Waals surface area contributed by atoms with Crippen LogP contribution in [0.25, 0.3) is 0 Å². The second-order valence-electron chi connectivity index (χ2n) is 2.74. The van der Waals surface area contributed by atoms with Crippen LogP contribution in [0.1, 0.15) is 6.42 Å². The molecule has 1 saturated heterocycles. The van der Waals surface area contributed by atoms with Crippen molar-refractivity contribution in [3.8, 4) is 0 Å². The van der Waals surface area contributed by atoms with Crippen LogP contribution in [0.4, 0.5) is 0 Å². The third kappa shape index (κ3) is 2.79. The van der Waals surface area contributed by atoms with Crippen LogP contribution in [-0.4, -0.2) is 50.8 Å². The molecule has 0 aromatic heterocycles. The van der Waals surface area contributed by atoms with Gasteiger partial charge in [-0.2, -0.15) is 0 Å². The third-order valence-electron chi connectivity index (χ3n) is 1.88. The van der Waals surface area contributed by atoms with E-state index in [0.717, 1.165) is 13.1 Å². The number of carbonyl (C=O) groups is 1. The van der Waals surface area contributed by atoms with E-state index in [1.165, 1.54) is 0 Å². The van der Waals surface area contributed by atoms with Crippen molar-refractivity contribution in [2.75, 3.05) is 40.0 Å². The fourth-order valence-electron chi connectivity index (χ4n) is 1.16. The highest BCUT2D eigenvalue weighted by Gasteiger charge is 2.15. The number of morpholine rings is 1. The van der Waals surface area contributed by atoms with E-state index in [-0.39, 0.29) is 5.91 Å². The SMILES string of the molecule is COCCC(=O)N1CCOCC1. The third-order valence-corrected chi connectivity index (χ3v) is 1.88. The van der Waals surface area contributed by atoms with Gasteiger partial charge in [0.25, 0.3) is 0 Å². The molecule has 0 unspecified atom stereocenters. The van der Waals surface area contributed by atoms with Gasteiger partial charge in [0.05, 0.1) is 26.2 Å². The minimum Gasteiger partial charge on any atom is -0.384 e. The molecule has 1 aliphatic heterocycles. The van der Waals surface area contributed by atoms with E-state index in [9.17, 15) is 4.79 Å². The van der Waals surface area contributed by atoms with Crippen molar-refractivity contribution in [2.45, 2.75) is 6.42 Å². The second-order valence-corrected chi connectivity index (χ2v) is 2.74. The lowest BCUT2D eigenvalue weighted by molar-refractivity contribution is -0.136. The normalized spacial score (nSPS) is 17.9. The maximum absolute atomic E-state index is 11.3. The number of methoxy groups -OCH3 is 1. The van der Waals surface area contributed by atoms with Gasteiger partial charge in [-0.15, -0.1) is 0 Å². The van der Waals surface area contributed by atoms with Crippen LogP contribution < -0.4 is 0 Å². The number of hydrogen-bond donors (Lipinski definition) is 0. The molecule has 0 bridgehead atoms. The standard InChI is InChI=1S/C8H15NO3/c1-11-5-2-8(10)9-3-6-12-7-4-9/h2-7H2,1H3. The van der Waals surface area contributed by atoms with Gasteiger partial charge in [0.2, 0.25) is 5.91 Å². The van der Waals surface area contributed by atoms with Gasteiger partial charge in [-0.25, -0.2) is 0 Å². The zero-order valence-corrected chi connectivity index (χ0v) is 7.41. The Morgan fingerprint density at radius 3 is 2.75 bits per heavy atom. The molecule has 12 heavy (non-hydrogen) atoms. The summed E-state index contributed by atoms with van der Waals surface area (Å²) < 4.78 is 9.95. The van der Waals surface area contributed by atoms with Crippen molar-refractivity contribution in [3.05, 3.63) is 0 Å². The van der Waals surface area contributed by atoms with Gasteiger partial charge in [0, 0.05) is 20.2 Å². The number of hydrogen-bond acceptors (Lipinski definition) is 3. The molecule has 0 spiro atoms. The molecular formula is C8H15NO3. The van der Waals surface area contributed by atoms with Crippen LogP contribution in [0, 0.1) is 0 Å². The Morgan fingerprint density at radius 2 is 2.17 bits per heavy atom. The van der Waals surface area contributed by atoms with Crippen molar-refractivity contribution in [2.24, 2.45) is 0 Å². The fourth-order valence-corrected chi connectivity index (χ4v) is 1.16. The maximum Gasteiger partial charge on any atom is 0.225 e. The number of rotatable bonds is 3. The molecule has 1 amide bonds. The number of nitrogens with zero attached hydrogens (tertiary/aromatic N) is 1. The van der Waals surface area contributed by atoms with E-state index in [4.69, 9.17) is 9.47 Å². The molecule has 1 heterocycles. The molecule has 1 fully saturated rings. The van der Waals surface area contributed by atoms with Crippen LogP contribution in [0.5, 0.6) is 0 Å². The zero-order chi connectivity index (χ0) is 8.81. The summed E-state index contributed by atoms with van der Waals surface area (Å²) in [6.45, 7) is 3.29. The molecular weight excluding hydrogens is 158 g/mol. The molecule has 0 aromatic carbocycles. The van der Waals surface area contributed by atoms with Gasteiger partial charge in [0.1, 0.15) is 0 Å². The fraction of sp³-hybridized carbons (Fsp3) is 0.875. The Morgan fingerprint density at radius 1 is 1.50 bits per heavy atom. The maximum atomic E-state index is 11.3. The Balaban J connectivity index is 2.20. The number of amides is 1. The van der Waals surface area contributed by atoms with Crippen LogP contribution >= 0.6 is 0 Å². The van der Waals surface area contributed by atoms with Gasteiger partial charge < -0.3 is 14.4 Å². The average Bonchev–Trinajstić information content (AvgIpc) is 2.15. The van der Waals surface area contributed by atoms with E-state index in [2.05, 4.69) is 0 Å². The first-order valence-electron chi connectivity index (χ1n) is 4.19. The van der Waals surface area contributed by atoms with Crippen molar-refractivity contribution in [3.63, 3.8) is 0 Å². The van der Waals surface area contributed by atoms with Crippen LogP contribution in [0.15, 0.2) is 0 Å². The molecule has 0 aliphatic carbocycles. The van der Waals surface area contributed by atoms with Gasteiger partial charge in [0.15, 0.2) is 0 Å². The molecule has 0 N–H and O–H groups in total. The lowest BCUT2D eigenvalue weighted by Gasteiger charge is -2.26. The number of ether oxygens (including phenoxy) is 2. The average molecular weight is 173 g/mol. The molecule has 0 saturated carbocycles. The Hall–Kier alpha value is -0.610.